The zero-order valence-corrected chi connectivity index (χ0v) is 8.44. The minimum Gasteiger partial charge on any atom is -0.286 e. The van der Waals surface area contributed by atoms with Crippen molar-refractivity contribution in [1.82, 2.24) is 0 Å². The van der Waals surface area contributed by atoms with E-state index < -0.39 is 11.6 Å². The van der Waals surface area contributed by atoms with Crippen molar-refractivity contribution in [3.63, 3.8) is 0 Å². The Morgan fingerprint density at radius 3 is 2.41 bits per heavy atom. The van der Waals surface area contributed by atoms with Crippen LogP contribution >= 0.6 is 0 Å². The van der Waals surface area contributed by atoms with Crippen molar-refractivity contribution < 1.29 is 9.59 Å². The maximum atomic E-state index is 11.7. The second-order valence-electron chi connectivity index (χ2n) is 3.77. The van der Waals surface area contributed by atoms with Crippen molar-refractivity contribution in [3.05, 3.63) is 53.6 Å². The lowest BCUT2D eigenvalue weighted by atomic mass is 9.91. The first-order valence-electron chi connectivity index (χ1n) is 5.06. The summed E-state index contributed by atoms with van der Waals surface area (Å²) in [5, 5.41) is 2.09. The summed E-state index contributed by atoms with van der Waals surface area (Å²) >= 11 is 0. The standard InChI is InChI=1S/C14H8O2.BH3/c15-13-8-7-11-10-4-2-1-3-9(10)5-6-12(11)14(13)16;/h1-8H;1H3. The fourth-order valence-electron chi connectivity index (χ4n) is 2.04. The molecule has 2 aromatic carbocycles. The molecule has 0 heterocycles. The molecular weight excluding hydrogens is 211 g/mol. The Hall–Kier alpha value is -2.16. The van der Waals surface area contributed by atoms with Crippen LogP contribution < -0.4 is 0 Å². The number of ketones is 2. The van der Waals surface area contributed by atoms with Gasteiger partial charge in [0.2, 0.25) is 11.6 Å². The normalized spacial score (nSPS) is 13.4. The second-order valence-corrected chi connectivity index (χ2v) is 3.77. The molecule has 1 aliphatic carbocycles. The fraction of sp³-hybridized carbons (Fsp3) is 0. The van der Waals surface area contributed by atoms with E-state index in [1.807, 2.05) is 30.3 Å². The van der Waals surface area contributed by atoms with E-state index in [-0.39, 0.29) is 8.41 Å². The lowest BCUT2D eigenvalue weighted by Crippen LogP contribution is -2.16. The molecule has 0 atom stereocenters. The van der Waals surface area contributed by atoms with Crippen LogP contribution in [0.3, 0.4) is 0 Å². The van der Waals surface area contributed by atoms with Crippen LogP contribution in [-0.2, 0) is 4.79 Å². The number of fused-ring (bicyclic) bond motifs is 3. The summed E-state index contributed by atoms with van der Waals surface area (Å²) < 4.78 is 0. The van der Waals surface area contributed by atoms with Gasteiger partial charge in [0.05, 0.1) is 8.41 Å². The van der Waals surface area contributed by atoms with Crippen LogP contribution in [-0.4, -0.2) is 20.0 Å². The maximum absolute atomic E-state index is 11.7. The molecule has 0 radical (unpaired) electrons. The molecule has 0 unspecified atom stereocenters. The number of Topliss-reactive ketones (excluding diaryl/α,β-unsaturated/α-hetero) is 1. The number of benzene rings is 2. The molecule has 0 aromatic heterocycles. The van der Waals surface area contributed by atoms with E-state index in [0.29, 0.717) is 5.56 Å². The second kappa shape index (κ2) is 4.02. The predicted octanol–water partition coefficient (Wildman–Crippen LogP) is 1.43. The van der Waals surface area contributed by atoms with Gasteiger partial charge in [-0.2, -0.15) is 0 Å². The molecule has 17 heavy (non-hydrogen) atoms. The van der Waals surface area contributed by atoms with E-state index in [1.165, 1.54) is 6.08 Å². The van der Waals surface area contributed by atoms with Gasteiger partial charge in [0.25, 0.3) is 0 Å². The van der Waals surface area contributed by atoms with E-state index in [2.05, 4.69) is 0 Å². The molecule has 82 valence electrons. The number of carbonyl (C=O) groups excluding carboxylic acids is 2. The first kappa shape index (κ1) is 11.3. The van der Waals surface area contributed by atoms with Crippen molar-refractivity contribution in [3.8, 4) is 0 Å². The molecule has 0 bridgehead atoms. The Morgan fingerprint density at radius 1 is 0.824 bits per heavy atom. The molecule has 0 fully saturated rings. The molecule has 3 heteroatoms. The minimum absolute atomic E-state index is 0. The van der Waals surface area contributed by atoms with E-state index in [1.54, 1.807) is 12.1 Å². The molecule has 0 amide bonds. The van der Waals surface area contributed by atoms with E-state index in [4.69, 9.17) is 0 Å². The summed E-state index contributed by atoms with van der Waals surface area (Å²) in [6.45, 7) is 0. The molecule has 0 saturated heterocycles. The molecule has 2 nitrogen and oxygen atoms in total. The van der Waals surface area contributed by atoms with Crippen LogP contribution in [0.5, 0.6) is 0 Å². The smallest absolute Gasteiger partial charge is 0.233 e. The van der Waals surface area contributed by atoms with E-state index >= 15 is 0 Å². The molecule has 1 aliphatic rings. The number of allylic oxidation sites excluding steroid dienone is 1. The third-order valence-electron chi connectivity index (χ3n) is 2.84. The number of hydrogen-bond donors (Lipinski definition) is 0. The first-order chi connectivity index (χ1) is 7.77. The van der Waals surface area contributed by atoms with Crippen LogP contribution in [0, 0.1) is 0 Å². The van der Waals surface area contributed by atoms with Crippen molar-refractivity contribution in [2.75, 3.05) is 0 Å². The van der Waals surface area contributed by atoms with Crippen molar-refractivity contribution >= 4 is 36.8 Å². The van der Waals surface area contributed by atoms with Crippen LogP contribution in [0.2, 0.25) is 0 Å². The summed E-state index contributed by atoms with van der Waals surface area (Å²) in [6.07, 6.45) is 3.07. The molecular formula is C14H11BO2. The number of carbonyl (C=O) groups is 2. The quantitative estimate of drug-likeness (QED) is 0.499. The fourth-order valence-corrected chi connectivity index (χ4v) is 2.04. The van der Waals surface area contributed by atoms with Gasteiger partial charge in [-0.25, -0.2) is 0 Å². The molecule has 0 aliphatic heterocycles. The third-order valence-corrected chi connectivity index (χ3v) is 2.84. The van der Waals surface area contributed by atoms with E-state index in [9.17, 15) is 9.59 Å². The highest BCUT2D eigenvalue weighted by atomic mass is 16.2. The Balaban J connectivity index is 0.00000108. The van der Waals surface area contributed by atoms with Gasteiger partial charge in [-0.15, -0.1) is 0 Å². The summed E-state index contributed by atoms with van der Waals surface area (Å²) in [7, 11) is 0. The largest absolute Gasteiger partial charge is 0.286 e. The third kappa shape index (κ3) is 1.60. The highest BCUT2D eigenvalue weighted by Gasteiger charge is 2.21. The van der Waals surface area contributed by atoms with Crippen molar-refractivity contribution in [2.24, 2.45) is 0 Å². The Bertz CT molecular complexity index is 656. The molecule has 3 rings (SSSR count). The van der Waals surface area contributed by atoms with E-state index in [0.717, 1.165) is 16.3 Å². The SMILES string of the molecule is B.O=C1C=Cc2c(ccc3ccccc23)C1=O. The summed E-state index contributed by atoms with van der Waals surface area (Å²) in [5.74, 6) is -0.856. The van der Waals surface area contributed by atoms with Gasteiger partial charge in [0.15, 0.2) is 0 Å². The van der Waals surface area contributed by atoms with Crippen LogP contribution in [0.1, 0.15) is 15.9 Å². The molecule has 0 saturated carbocycles. The van der Waals surface area contributed by atoms with Crippen molar-refractivity contribution in [1.29, 1.82) is 0 Å². The summed E-state index contributed by atoms with van der Waals surface area (Å²) in [6, 6.07) is 11.4. The topological polar surface area (TPSA) is 34.1 Å². The average Bonchev–Trinajstić information content (AvgIpc) is 2.33. The minimum atomic E-state index is -0.442. The Kier molecular flexibility index (Phi) is 2.68. The van der Waals surface area contributed by atoms with Gasteiger partial charge in [0, 0.05) is 5.56 Å². The van der Waals surface area contributed by atoms with Crippen LogP contribution in [0.15, 0.2) is 42.5 Å². The average molecular weight is 222 g/mol. The molecule has 0 spiro atoms. The summed E-state index contributed by atoms with van der Waals surface area (Å²) in [5.41, 5.74) is 1.36. The van der Waals surface area contributed by atoms with Gasteiger partial charge in [-0.1, -0.05) is 30.3 Å². The van der Waals surface area contributed by atoms with Gasteiger partial charge in [-0.3, -0.25) is 9.59 Å². The first-order valence-corrected chi connectivity index (χ1v) is 5.06. The zero-order chi connectivity index (χ0) is 11.1. The molecule has 2 aromatic rings. The summed E-state index contributed by atoms with van der Waals surface area (Å²) in [4.78, 5) is 22.9. The molecule has 0 N–H and O–H groups in total. The van der Waals surface area contributed by atoms with Gasteiger partial charge >= 0.3 is 0 Å². The van der Waals surface area contributed by atoms with Gasteiger partial charge in [-0.05, 0) is 34.6 Å². The van der Waals surface area contributed by atoms with Crippen LogP contribution in [0.25, 0.3) is 16.8 Å². The monoisotopic (exact) mass is 222 g/mol. The Labute approximate surface area is 101 Å². The van der Waals surface area contributed by atoms with Gasteiger partial charge in [0.1, 0.15) is 0 Å². The predicted molar refractivity (Wildman–Crippen MR) is 72.3 cm³/mol. The van der Waals surface area contributed by atoms with Gasteiger partial charge < -0.3 is 0 Å². The lowest BCUT2D eigenvalue weighted by Gasteiger charge is -2.11. The maximum Gasteiger partial charge on any atom is 0.233 e. The highest BCUT2D eigenvalue weighted by molar-refractivity contribution is 6.50. The Morgan fingerprint density at radius 2 is 1.59 bits per heavy atom. The zero-order valence-electron chi connectivity index (χ0n) is 8.44. The lowest BCUT2D eigenvalue weighted by molar-refractivity contribution is -0.110. The number of hydrogen-bond acceptors (Lipinski definition) is 2. The van der Waals surface area contributed by atoms with Crippen molar-refractivity contribution in [2.45, 2.75) is 0 Å². The number of rotatable bonds is 0. The highest BCUT2D eigenvalue weighted by Crippen LogP contribution is 2.26. The van der Waals surface area contributed by atoms with Crippen LogP contribution in [0.4, 0.5) is 0 Å².